The largest absolute Gasteiger partial charge is 0.374 e. The fourth-order valence-electron chi connectivity index (χ4n) is 3.72. The van der Waals surface area contributed by atoms with E-state index in [2.05, 4.69) is 48.9 Å². The van der Waals surface area contributed by atoms with Crippen LogP contribution in [0.25, 0.3) is 0 Å². The van der Waals surface area contributed by atoms with Crippen molar-refractivity contribution in [3.05, 3.63) is 29.3 Å². The number of rotatable bonds is 3. The van der Waals surface area contributed by atoms with Crippen molar-refractivity contribution in [3.63, 3.8) is 0 Å². The smallest absolute Gasteiger partial charge is 0.0470 e. The van der Waals surface area contributed by atoms with E-state index in [9.17, 15) is 0 Å². The van der Waals surface area contributed by atoms with Gasteiger partial charge in [-0.15, -0.1) is 0 Å². The second kappa shape index (κ2) is 5.38. The Balaban J connectivity index is 1.83. The molecule has 1 saturated heterocycles. The fourth-order valence-corrected chi connectivity index (χ4v) is 3.72. The molecule has 0 spiro atoms. The van der Waals surface area contributed by atoms with Crippen molar-refractivity contribution < 1.29 is 0 Å². The number of nitrogens with two attached hydrogens (primary N) is 1. The molecule has 110 valence electrons. The van der Waals surface area contributed by atoms with E-state index in [1.165, 1.54) is 36.3 Å². The molecule has 0 bridgehead atoms. The molecule has 3 unspecified atom stereocenters. The summed E-state index contributed by atoms with van der Waals surface area (Å²) < 4.78 is 0. The van der Waals surface area contributed by atoms with Gasteiger partial charge in [0.25, 0.3) is 0 Å². The highest BCUT2D eigenvalue weighted by atomic mass is 15.2. The van der Waals surface area contributed by atoms with Crippen molar-refractivity contribution in [1.29, 1.82) is 0 Å². The zero-order chi connectivity index (χ0) is 14.3. The van der Waals surface area contributed by atoms with Gasteiger partial charge in [0.2, 0.25) is 0 Å². The van der Waals surface area contributed by atoms with Gasteiger partial charge in [-0.25, -0.2) is 0 Å². The molecule has 2 aliphatic rings. The maximum absolute atomic E-state index is 6.10. The Kier molecular flexibility index (Phi) is 3.74. The summed E-state index contributed by atoms with van der Waals surface area (Å²) in [5, 5.41) is 0. The van der Waals surface area contributed by atoms with Gasteiger partial charge >= 0.3 is 0 Å². The first-order chi connectivity index (χ1) is 9.60. The molecule has 3 heteroatoms. The summed E-state index contributed by atoms with van der Waals surface area (Å²) >= 11 is 0. The number of hydrogen-bond donors (Lipinski definition) is 1. The monoisotopic (exact) mass is 273 g/mol. The van der Waals surface area contributed by atoms with Gasteiger partial charge in [0.05, 0.1) is 0 Å². The Labute approximate surface area is 122 Å². The minimum atomic E-state index is 0.388. The average Bonchev–Trinajstić information content (AvgIpc) is 2.95. The minimum Gasteiger partial charge on any atom is -0.374 e. The van der Waals surface area contributed by atoms with Crippen molar-refractivity contribution in [2.45, 2.75) is 26.3 Å². The van der Waals surface area contributed by atoms with Gasteiger partial charge in [-0.3, -0.25) is 4.90 Å². The summed E-state index contributed by atoms with van der Waals surface area (Å²) in [7, 11) is 2.18. The summed E-state index contributed by atoms with van der Waals surface area (Å²) in [5.41, 5.74) is 10.4. The van der Waals surface area contributed by atoms with Crippen LogP contribution in [0.5, 0.6) is 0 Å². The number of fused-ring (bicyclic) bond motifs is 1. The molecule has 2 heterocycles. The molecule has 1 aromatic carbocycles. The molecule has 0 aromatic heterocycles. The van der Waals surface area contributed by atoms with Crippen molar-refractivity contribution >= 4 is 5.69 Å². The third-order valence-electron chi connectivity index (χ3n) is 5.30. The summed E-state index contributed by atoms with van der Waals surface area (Å²) in [4.78, 5) is 4.92. The Morgan fingerprint density at radius 2 is 1.95 bits per heavy atom. The lowest BCUT2D eigenvalue weighted by atomic mass is 10.0. The van der Waals surface area contributed by atoms with E-state index in [0.29, 0.717) is 12.6 Å². The highest BCUT2D eigenvalue weighted by Crippen LogP contribution is 2.34. The molecule has 1 aromatic rings. The Morgan fingerprint density at radius 1 is 1.25 bits per heavy atom. The molecular formula is C17H27N3. The molecule has 0 aliphatic carbocycles. The number of anilines is 1. The van der Waals surface area contributed by atoms with Crippen molar-refractivity contribution in [2.75, 3.05) is 38.1 Å². The molecular weight excluding hydrogens is 246 g/mol. The Morgan fingerprint density at radius 3 is 2.60 bits per heavy atom. The third-order valence-corrected chi connectivity index (χ3v) is 5.30. The SMILES string of the molecule is CC1CN(C(CN)c2ccc3c(c2)CCN3C)CC1C. The van der Waals surface area contributed by atoms with E-state index in [-0.39, 0.29) is 0 Å². The van der Waals surface area contributed by atoms with Crippen LogP contribution >= 0.6 is 0 Å². The minimum absolute atomic E-state index is 0.388. The third kappa shape index (κ3) is 2.33. The molecule has 3 atom stereocenters. The van der Waals surface area contributed by atoms with E-state index in [0.717, 1.165) is 18.4 Å². The second-order valence-corrected chi connectivity index (χ2v) is 6.72. The molecule has 1 fully saturated rings. The van der Waals surface area contributed by atoms with Crippen LogP contribution in [-0.2, 0) is 6.42 Å². The van der Waals surface area contributed by atoms with Gasteiger partial charge in [-0.1, -0.05) is 26.0 Å². The van der Waals surface area contributed by atoms with Gasteiger partial charge in [0.1, 0.15) is 0 Å². The van der Waals surface area contributed by atoms with Crippen LogP contribution in [0.1, 0.15) is 31.0 Å². The van der Waals surface area contributed by atoms with Crippen LogP contribution in [0.4, 0.5) is 5.69 Å². The molecule has 3 nitrogen and oxygen atoms in total. The molecule has 2 aliphatic heterocycles. The summed E-state index contributed by atoms with van der Waals surface area (Å²) in [5.74, 6) is 1.56. The maximum atomic E-state index is 6.10. The molecule has 2 N–H and O–H groups in total. The Bertz CT molecular complexity index is 475. The normalized spacial score (nSPS) is 27.9. The summed E-state index contributed by atoms with van der Waals surface area (Å²) in [6, 6.07) is 7.35. The first kappa shape index (κ1) is 13.9. The highest BCUT2D eigenvalue weighted by molar-refractivity contribution is 5.58. The van der Waals surface area contributed by atoms with Crippen LogP contribution in [0.2, 0.25) is 0 Å². The maximum Gasteiger partial charge on any atom is 0.0470 e. The number of likely N-dealkylation sites (N-methyl/N-ethyl adjacent to an activating group) is 1. The van der Waals surface area contributed by atoms with Crippen LogP contribution in [0.15, 0.2) is 18.2 Å². The lowest BCUT2D eigenvalue weighted by Crippen LogP contribution is -2.32. The molecule has 0 saturated carbocycles. The van der Waals surface area contributed by atoms with Gasteiger partial charge < -0.3 is 10.6 Å². The molecule has 3 rings (SSSR count). The molecule has 20 heavy (non-hydrogen) atoms. The van der Waals surface area contributed by atoms with E-state index >= 15 is 0 Å². The average molecular weight is 273 g/mol. The number of hydrogen-bond acceptors (Lipinski definition) is 3. The van der Waals surface area contributed by atoms with Crippen molar-refractivity contribution in [1.82, 2.24) is 4.90 Å². The predicted octanol–water partition coefficient (Wildman–Crippen LogP) is 2.27. The zero-order valence-electron chi connectivity index (χ0n) is 13.0. The van der Waals surface area contributed by atoms with Crippen LogP contribution < -0.4 is 10.6 Å². The summed E-state index contributed by atoms with van der Waals surface area (Å²) in [6.45, 7) is 8.93. The molecule has 0 amide bonds. The Hall–Kier alpha value is -1.06. The highest BCUT2D eigenvalue weighted by Gasteiger charge is 2.31. The lowest BCUT2D eigenvalue weighted by molar-refractivity contribution is 0.240. The van der Waals surface area contributed by atoms with Gasteiger partial charge in [-0.05, 0) is 35.4 Å². The fraction of sp³-hybridized carbons (Fsp3) is 0.647. The van der Waals surface area contributed by atoms with E-state index < -0.39 is 0 Å². The number of likely N-dealkylation sites (tertiary alicyclic amines) is 1. The number of nitrogens with zero attached hydrogens (tertiary/aromatic N) is 2. The van der Waals surface area contributed by atoms with Gasteiger partial charge in [0, 0.05) is 45.0 Å². The van der Waals surface area contributed by atoms with Crippen LogP contribution in [0.3, 0.4) is 0 Å². The molecule has 0 radical (unpaired) electrons. The quantitative estimate of drug-likeness (QED) is 0.917. The van der Waals surface area contributed by atoms with Crippen molar-refractivity contribution in [3.8, 4) is 0 Å². The number of benzene rings is 1. The van der Waals surface area contributed by atoms with Crippen molar-refractivity contribution in [2.24, 2.45) is 17.6 Å². The van der Waals surface area contributed by atoms with E-state index in [1.807, 2.05) is 0 Å². The van der Waals surface area contributed by atoms with Crippen LogP contribution in [-0.4, -0.2) is 38.1 Å². The van der Waals surface area contributed by atoms with E-state index in [1.54, 1.807) is 0 Å². The predicted molar refractivity (Wildman–Crippen MR) is 85.1 cm³/mol. The first-order valence-corrected chi connectivity index (χ1v) is 7.88. The first-order valence-electron chi connectivity index (χ1n) is 7.88. The van der Waals surface area contributed by atoms with Gasteiger partial charge in [0.15, 0.2) is 0 Å². The van der Waals surface area contributed by atoms with E-state index in [4.69, 9.17) is 5.73 Å². The lowest BCUT2D eigenvalue weighted by Gasteiger charge is -2.27. The standard InChI is InChI=1S/C17H27N3/c1-12-10-20(11-13(12)2)17(9-18)14-4-5-16-15(8-14)6-7-19(16)3/h4-5,8,12-13,17H,6-7,9-11,18H2,1-3H3. The topological polar surface area (TPSA) is 32.5 Å². The second-order valence-electron chi connectivity index (χ2n) is 6.72. The van der Waals surface area contributed by atoms with Gasteiger partial charge in [-0.2, -0.15) is 0 Å². The zero-order valence-corrected chi connectivity index (χ0v) is 13.0. The summed E-state index contributed by atoms with van der Waals surface area (Å²) in [6.07, 6.45) is 1.17. The van der Waals surface area contributed by atoms with Crippen LogP contribution in [0, 0.1) is 11.8 Å².